The highest BCUT2D eigenvalue weighted by atomic mass is 16.6. The van der Waals surface area contributed by atoms with Crippen molar-refractivity contribution in [1.82, 2.24) is 14.9 Å². The van der Waals surface area contributed by atoms with E-state index >= 15 is 0 Å². The summed E-state index contributed by atoms with van der Waals surface area (Å²) in [4.78, 5) is 12.5. The van der Waals surface area contributed by atoms with E-state index in [9.17, 15) is 9.90 Å². The van der Waals surface area contributed by atoms with Crippen LogP contribution >= 0.6 is 0 Å². The fourth-order valence-corrected chi connectivity index (χ4v) is 2.10. The highest BCUT2D eigenvalue weighted by molar-refractivity contribution is 5.41. The molecule has 0 aliphatic carbocycles. The number of hydrogen-bond donors (Lipinski definition) is 2. The number of azo groups is 1. The molecule has 0 bridgehead atoms. The predicted octanol–water partition coefficient (Wildman–Crippen LogP) is 3.49. The molecule has 2 heterocycles. The van der Waals surface area contributed by atoms with E-state index in [4.69, 9.17) is 9.26 Å². The second kappa shape index (κ2) is 7.32. The number of aliphatic hydroxyl groups excluding tert-OH is 1. The molecule has 0 aromatic carbocycles. The third-order valence-corrected chi connectivity index (χ3v) is 3.49. The van der Waals surface area contributed by atoms with Crippen molar-refractivity contribution in [3.63, 3.8) is 0 Å². The lowest BCUT2D eigenvalue weighted by atomic mass is 9.93. The lowest BCUT2D eigenvalue weighted by Gasteiger charge is -2.11. The quantitative estimate of drug-likeness (QED) is 0.610. The summed E-state index contributed by atoms with van der Waals surface area (Å²) < 4.78 is 11.7. The first-order valence-corrected chi connectivity index (χ1v) is 8.18. The summed E-state index contributed by atoms with van der Waals surface area (Å²) in [6, 6.07) is 1.53. The zero-order valence-electron chi connectivity index (χ0n) is 15.4. The molecule has 2 rings (SSSR count). The number of aromatic nitrogens is 3. The van der Waals surface area contributed by atoms with Crippen LogP contribution in [0.5, 0.6) is 0 Å². The molecular weight excluding hydrogens is 326 g/mol. The highest BCUT2D eigenvalue weighted by Gasteiger charge is 2.23. The molecular formula is C16H25N5O4. The number of rotatable bonds is 6. The van der Waals surface area contributed by atoms with Gasteiger partial charge < -0.3 is 14.4 Å². The number of nitrogens with one attached hydrogen (secondary N) is 1. The Hall–Kier alpha value is -2.26. The van der Waals surface area contributed by atoms with Crippen LogP contribution in [0.4, 0.5) is 11.5 Å². The zero-order chi connectivity index (χ0) is 18.8. The molecule has 138 valence electrons. The van der Waals surface area contributed by atoms with E-state index in [1.54, 1.807) is 13.0 Å². The zero-order valence-corrected chi connectivity index (χ0v) is 15.4. The Bertz CT molecular complexity index is 794. The van der Waals surface area contributed by atoms with Gasteiger partial charge in [-0.3, -0.25) is 9.89 Å². The minimum absolute atomic E-state index is 0.0186. The molecule has 2 aromatic rings. The Morgan fingerprint density at radius 2 is 2.08 bits per heavy atom. The van der Waals surface area contributed by atoms with Crippen molar-refractivity contribution < 1.29 is 14.4 Å². The van der Waals surface area contributed by atoms with Gasteiger partial charge in [0.2, 0.25) is 5.82 Å². The van der Waals surface area contributed by atoms with Gasteiger partial charge in [-0.05, 0) is 20.8 Å². The Morgan fingerprint density at radius 3 is 2.60 bits per heavy atom. The van der Waals surface area contributed by atoms with Gasteiger partial charge in [-0.25, -0.2) is 4.68 Å². The van der Waals surface area contributed by atoms with E-state index in [0.717, 1.165) is 0 Å². The molecule has 9 heteroatoms. The molecule has 2 aromatic heterocycles. The van der Waals surface area contributed by atoms with Crippen molar-refractivity contribution in [2.45, 2.75) is 59.3 Å². The molecule has 1 atom stereocenters. The van der Waals surface area contributed by atoms with Gasteiger partial charge in [0.15, 0.2) is 12.0 Å². The van der Waals surface area contributed by atoms with Crippen LogP contribution in [-0.2, 0) is 10.2 Å². The Labute approximate surface area is 145 Å². The fraction of sp³-hybridized carbons (Fsp3) is 0.625. The number of nitrogens with zero attached hydrogens (tertiary/aromatic N) is 4. The molecule has 0 fully saturated rings. The molecule has 1 unspecified atom stereocenters. The van der Waals surface area contributed by atoms with E-state index < -0.39 is 11.8 Å². The van der Waals surface area contributed by atoms with Crippen molar-refractivity contribution in [3.05, 3.63) is 27.9 Å². The van der Waals surface area contributed by atoms with Crippen LogP contribution in [0.1, 0.15) is 65.3 Å². The van der Waals surface area contributed by atoms with Crippen LogP contribution in [0.15, 0.2) is 25.6 Å². The summed E-state index contributed by atoms with van der Waals surface area (Å²) >= 11 is 0. The fourth-order valence-electron chi connectivity index (χ4n) is 2.10. The van der Waals surface area contributed by atoms with Gasteiger partial charge in [0.05, 0.1) is 0 Å². The number of ether oxygens (including phenoxy) is 1. The third kappa shape index (κ3) is 4.23. The summed E-state index contributed by atoms with van der Waals surface area (Å²) in [6.45, 7) is 11.7. The van der Waals surface area contributed by atoms with Crippen LogP contribution in [0.3, 0.4) is 0 Å². The van der Waals surface area contributed by atoms with E-state index in [-0.39, 0.29) is 35.3 Å². The molecule has 0 saturated carbocycles. The topological polar surface area (TPSA) is 118 Å². The summed E-state index contributed by atoms with van der Waals surface area (Å²) in [5, 5.41) is 24.7. The summed E-state index contributed by atoms with van der Waals surface area (Å²) in [6.07, 6.45) is -1.30. The van der Waals surface area contributed by atoms with Gasteiger partial charge in [0.1, 0.15) is 11.5 Å². The van der Waals surface area contributed by atoms with Crippen molar-refractivity contribution in [2.75, 3.05) is 6.61 Å². The minimum Gasteiger partial charge on any atom is -0.363 e. The maximum Gasteiger partial charge on any atom is 0.295 e. The van der Waals surface area contributed by atoms with Crippen LogP contribution in [0.2, 0.25) is 0 Å². The van der Waals surface area contributed by atoms with Crippen molar-refractivity contribution in [1.29, 1.82) is 0 Å². The summed E-state index contributed by atoms with van der Waals surface area (Å²) in [5.74, 6) is 0.906. The van der Waals surface area contributed by atoms with Crippen LogP contribution < -0.4 is 5.56 Å². The lowest BCUT2D eigenvalue weighted by molar-refractivity contribution is -0.101. The number of H-pyrrole nitrogens is 1. The van der Waals surface area contributed by atoms with E-state index in [0.29, 0.717) is 5.76 Å². The normalized spacial score (nSPS) is 13.9. The molecule has 0 spiro atoms. The maximum atomic E-state index is 12.5. The number of aliphatic hydroxyl groups is 1. The molecule has 0 aliphatic rings. The monoisotopic (exact) mass is 351 g/mol. The third-order valence-electron chi connectivity index (χ3n) is 3.49. The number of aromatic amines is 1. The second-order valence-corrected chi connectivity index (χ2v) is 6.95. The van der Waals surface area contributed by atoms with Crippen LogP contribution in [0, 0.1) is 0 Å². The first kappa shape index (κ1) is 19.1. The molecule has 0 aliphatic heterocycles. The molecule has 0 saturated heterocycles. The van der Waals surface area contributed by atoms with Gasteiger partial charge in [0, 0.05) is 24.1 Å². The van der Waals surface area contributed by atoms with Gasteiger partial charge in [-0.1, -0.05) is 25.9 Å². The Kier molecular flexibility index (Phi) is 5.58. The molecule has 9 nitrogen and oxygen atoms in total. The Balaban J connectivity index is 2.40. The van der Waals surface area contributed by atoms with Crippen molar-refractivity contribution >= 4 is 11.5 Å². The second-order valence-electron chi connectivity index (χ2n) is 6.95. The average molecular weight is 351 g/mol. The standard InChI is InChI=1S/C16H25N5O4/c1-7-24-15(23)13-12(14(22)21(19-13)9(2)3)18-17-11-8-10(25-20-11)16(4,5)6/h8-9,15,19,23H,7H2,1-6H3. The lowest BCUT2D eigenvalue weighted by Crippen LogP contribution is -2.18. The molecule has 25 heavy (non-hydrogen) atoms. The van der Waals surface area contributed by atoms with Gasteiger partial charge in [0.25, 0.3) is 5.56 Å². The van der Waals surface area contributed by atoms with E-state index in [1.165, 1.54) is 4.68 Å². The first-order chi connectivity index (χ1) is 11.6. The van der Waals surface area contributed by atoms with Crippen molar-refractivity contribution in [3.8, 4) is 0 Å². The number of hydrogen-bond acceptors (Lipinski definition) is 7. The van der Waals surface area contributed by atoms with Gasteiger partial charge >= 0.3 is 0 Å². The summed E-state index contributed by atoms with van der Waals surface area (Å²) in [5.41, 5.74) is -0.471. The SMILES string of the molecule is CCOC(O)c1[nH]n(C(C)C)c(=O)c1N=Nc1cc(C(C)(C)C)on1. The highest BCUT2D eigenvalue weighted by Crippen LogP contribution is 2.28. The van der Waals surface area contributed by atoms with Gasteiger partial charge in [-0.15, -0.1) is 10.2 Å². The maximum absolute atomic E-state index is 12.5. The molecule has 0 amide bonds. The minimum atomic E-state index is -1.30. The first-order valence-electron chi connectivity index (χ1n) is 8.18. The smallest absolute Gasteiger partial charge is 0.295 e. The van der Waals surface area contributed by atoms with E-state index in [1.807, 2.05) is 34.6 Å². The largest absolute Gasteiger partial charge is 0.363 e. The Morgan fingerprint density at radius 1 is 1.40 bits per heavy atom. The van der Waals surface area contributed by atoms with Gasteiger partial charge in [-0.2, -0.15) is 0 Å². The van der Waals surface area contributed by atoms with E-state index in [2.05, 4.69) is 20.5 Å². The van der Waals surface area contributed by atoms with Crippen molar-refractivity contribution in [2.24, 2.45) is 10.2 Å². The van der Waals surface area contributed by atoms with Crippen LogP contribution in [0.25, 0.3) is 0 Å². The predicted molar refractivity (Wildman–Crippen MR) is 91.4 cm³/mol. The molecule has 2 N–H and O–H groups in total. The average Bonchev–Trinajstić information content (AvgIpc) is 3.10. The molecule has 0 radical (unpaired) electrons. The summed E-state index contributed by atoms with van der Waals surface area (Å²) in [7, 11) is 0. The van der Waals surface area contributed by atoms with Crippen LogP contribution in [-0.4, -0.2) is 26.7 Å².